The molecular weight excluding hydrogens is 405 g/mol. The minimum absolute atomic E-state index is 0.0957. The molecule has 30 heavy (non-hydrogen) atoms. The maximum Gasteiger partial charge on any atom is 0.573 e. The molecule has 1 aromatic carbocycles. The van der Waals surface area contributed by atoms with Gasteiger partial charge >= 0.3 is 12.1 Å². The molecule has 1 fully saturated rings. The molecule has 158 valence electrons. The van der Waals surface area contributed by atoms with Gasteiger partial charge in [0.15, 0.2) is 5.76 Å². The van der Waals surface area contributed by atoms with Crippen LogP contribution in [0.3, 0.4) is 0 Å². The van der Waals surface area contributed by atoms with Crippen LogP contribution in [0.1, 0.15) is 29.2 Å². The number of rotatable bonds is 7. The fourth-order valence-electron chi connectivity index (χ4n) is 2.99. The number of nitrogens with zero attached hydrogens (tertiary/aromatic N) is 3. The first-order valence-corrected chi connectivity index (χ1v) is 9.19. The molecule has 0 spiro atoms. The Morgan fingerprint density at radius 2 is 1.97 bits per heavy atom. The molecule has 1 saturated carbocycles. The molecule has 0 bridgehead atoms. The molecule has 0 atom stereocenters. The van der Waals surface area contributed by atoms with Gasteiger partial charge < -0.3 is 14.5 Å². The zero-order valence-corrected chi connectivity index (χ0v) is 15.6. The molecule has 8 nitrogen and oxygen atoms in total. The number of amides is 1. The third kappa shape index (κ3) is 4.39. The summed E-state index contributed by atoms with van der Waals surface area (Å²) in [6.07, 6.45) is -1.51. The zero-order chi connectivity index (χ0) is 21.3. The van der Waals surface area contributed by atoms with Crippen LogP contribution in [-0.2, 0) is 6.54 Å². The van der Waals surface area contributed by atoms with E-state index in [0.717, 1.165) is 25.0 Å². The van der Waals surface area contributed by atoms with Gasteiger partial charge in [-0.2, -0.15) is 0 Å². The summed E-state index contributed by atoms with van der Waals surface area (Å²) in [6, 6.07) is 8.08. The Labute approximate surface area is 167 Å². The summed E-state index contributed by atoms with van der Waals surface area (Å²) >= 11 is 0. The fraction of sp³-hybridized carbons (Fsp3) is 0.316. The molecule has 3 aromatic rings. The van der Waals surface area contributed by atoms with E-state index in [2.05, 4.69) is 15.2 Å². The topological polar surface area (TPSA) is 91.3 Å². The minimum atomic E-state index is -4.80. The van der Waals surface area contributed by atoms with Gasteiger partial charge in [-0.05, 0) is 49.2 Å². The van der Waals surface area contributed by atoms with Crippen molar-refractivity contribution in [3.05, 3.63) is 58.7 Å². The third-order valence-corrected chi connectivity index (χ3v) is 4.48. The minimum Gasteiger partial charge on any atom is -0.461 e. The van der Waals surface area contributed by atoms with Gasteiger partial charge in [-0.1, -0.05) is 0 Å². The molecule has 1 N–H and O–H groups in total. The van der Waals surface area contributed by atoms with Crippen LogP contribution in [0.25, 0.3) is 11.6 Å². The molecule has 0 aliphatic heterocycles. The van der Waals surface area contributed by atoms with Gasteiger partial charge in [0.1, 0.15) is 5.75 Å². The average Bonchev–Trinajstić information content (AvgIpc) is 3.26. The van der Waals surface area contributed by atoms with Crippen molar-refractivity contribution < 1.29 is 27.1 Å². The molecule has 4 rings (SSSR count). The van der Waals surface area contributed by atoms with Crippen molar-refractivity contribution in [1.29, 1.82) is 0 Å². The highest BCUT2D eigenvalue weighted by molar-refractivity contribution is 5.94. The van der Waals surface area contributed by atoms with E-state index < -0.39 is 18.0 Å². The van der Waals surface area contributed by atoms with Crippen molar-refractivity contribution in [2.24, 2.45) is 0 Å². The first-order chi connectivity index (χ1) is 14.3. The lowest BCUT2D eigenvalue weighted by Crippen LogP contribution is -2.32. The lowest BCUT2D eigenvalue weighted by atomic mass is 10.2. The molecule has 0 unspecified atom stereocenters. The highest BCUT2D eigenvalue weighted by Crippen LogP contribution is 2.36. The number of benzene rings is 1. The van der Waals surface area contributed by atoms with Crippen molar-refractivity contribution in [2.75, 3.05) is 6.54 Å². The summed E-state index contributed by atoms with van der Waals surface area (Å²) in [5, 5.41) is 6.94. The average molecular weight is 422 g/mol. The maximum atomic E-state index is 12.7. The molecule has 1 aliphatic rings. The van der Waals surface area contributed by atoms with Gasteiger partial charge in [0.25, 0.3) is 5.91 Å². The van der Waals surface area contributed by atoms with E-state index in [-0.39, 0.29) is 30.4 Å². The van der Waals surface area contributed by atoms with Crippen LogP contribution in [0.2, 0.25) is 0 Å². The van der Waals surface area contributed by atoms with Crippen LogP contribution in [0.5, 0.6) is 5.75 Å². The van der Waals surface area contributed by atoms with Crippen LogP contribution in [0.15, 0.2) is 51.9 Å². The number of aromatic nitrogens is 3. The van der Waals surface area contributed by atoms with Crippen molar-refractivity contribution in [1.82, 2.24) is 19.7 Å². The molecule has 1 aliphatic carbocycles. The lowest BCUT2D eigenvalue weighted by Gasteiger charge is -2.09. The van der Waals surface area contributed by atoms with E-state index in [1.54, 1.807) is 16.7 Å². The quantitative estimate of drug-likeness (QED) is 0.632. The van der Waals surface area contributed by atoms with Crippen LogP contribution >= 0.6 is 0 Å². The summed E-state index contributed by atoms with van der Waals surface area (Å²) in [5.74, 6) is 0.0261. The molecule has 2 heterocycles. The van der Waals surface area contributed by atoms with Gasteiger partial charge in [0, 0.05) is 18.2 Å². The molecule has 2 aromatic heterocycles. The predicted octanol–water partition coefficient (Wildman–Crippen LogP) is 2.97. The Morgan fingerprint density at radius 3 is 2.57 bits per heavy atom. The largest absolute Gasteiger partial charge is 0.573 e. The fourth-order valence-corrected chi connectivity index (χ4v) is 2.99. The van der Waals surface area contributed by atoms with E-state index in [1.165, 1.54) is 23.1 Å². The third-order valence-electron chi connectivity index (χ3n) is 4.48. The number of hydrogen-bond donors (Lipinski definition) is 1. The highest BCUT2D eigenvalue weighted by Gasteiger charge is 2.32. The number of carbonyl (C=O) groups is 1. The first kappa shape index (κ1) is 19.8. The Bertz CT molecular complexity index is 1080. The second-order valence-corrected chi connectivity index (χ2v) is 6.74. The van der Waals surface area contributed by atoms with Crippen molar-refractivity contribution in [3.63, 3.8) is 0 Å². The number of furan rings is 1. The van der Waals surface area contributed by atoms with E-state index >= 15 is 0 Å². The lowest BCUT2D eigenvalue weighted by molar-refractivity contribution is -0.274. The van der Waals surface area contributed by atoms with Gasteiger partial charge in [-0.3, -0.25) is 9.36 Å². The molecular formula is C19H17F3N4O4. The second-order valence-electron chi connectivity index (χ2n) is 6.74. The summed E-state index contributed by atoms with van der Waals surface area (Å²) in [7, 11) is 0. The summed E-state index contributed by atoms with van der Waals surface area (Å²) in [5.41, 5.74) is -0.122. The van der Waals surface area contributed by atoms with Crippen LogP contribution in [-0.4, -0.2) is 33.2 Å². The number of halogens is 3. The van der Waals surface area contributed by atoms with Gasteiger partial charge in [-0.15, -0.1) is 18.3 Å². The van der Waals surface area contributed by atoms with Crippen molar-refractivity contribution in [3.8, 4) is 17.3 Å². The summed E-state index contributed by atoms with van der Waals surface area (Å²) < 4.78 is 48.6. The van der Waals surface area contributed by atoms with Crippen LogP contribution < -0.4 is 15.7 Å². The standard InChI is InChI=1S/C19H17F3N4O4/c20-19(21,22)30-14-7-3-12(4-8-14)17(27)23-9-10-25-18(28)26(13-5-6-13)16(24-25)15-2-1-11-29-15/h1-4,7-8,11,13H,5-6,9-10H2,(H,23,27). The number of carbonyl (C=O) groups excluding carboxylic acids is 1. The SMILES string of the molecule is O=C(NCCn1nc(-c2ccco2)n(C2CC2)c1=O)c1ccc(OC(F)(F)F)cc1. The number of alkyl halides is 3. The highest BCUT2D eigenvalue weighted by atomic mass is 19.4. The smallest absolute Gasteiger partial charge is 0.461 e. The van der Waals surface area contributed by atoms with E-state index in [4.69, 9.17) is 4.42 Å². The van der Waals surface area contributed by atoms with Crippen molar-refractivity contribution in [2.45, 2.75) is 31.8 Å². The zero-order valence-electron chi connectivity index (χ0n) is 15.6. The number of nitrogens with one attached hydrogen (secondary N) is 1. The van der Waals surface area contributed by atoms with Gasteiger partial charge in [-0.25, -0.2) is 9.48 Å². The Hall–Kier alpha value is -3.50. The van der Waals surface area contributed by atoms with Crippen LogP contribution in [0, 0.1) is 0 Å². The van der Waals surface area contributed by atoms with Crippen LogP contribution in [0.4, 0.5) is 13.2 Å². The summed E-state index contributed by atoms with van der Waals surface area (Å²) in [4.78, 5) is 24.9. The van der Waals surface area contributed by atoms with Gasteiger partial charge in [0.2, 0.25) is 5.82 Å². The normalized spacial score (nSPS) is 14.0. The Morgan fingerprint density at radius 1 is 1.23 bits per heavy atom. The molecule has 1 amide bonds. The number of hydrogen-bond acceptors (Lipinski definition) is 5. The Kier molecular flexibility index (Phi) is 5.10. The molecule has 0 radical (unpaired) electrons. The predicted molar refractivity (Wildman–Crippen MR) is 97.9 cm³/mol. The maximum absolute atomic E-state index is 12.7. The number of ether oxygens (including phenoxy) is 1. The summed E-state index contributed by atoms with van der Waals surface area (Å²) in [6.45, 7) is 0.242. The van der Waals surface area contributed by atoms with Crippen molar-refractivity contribution >= 4 is 5.91 Å². The van der Waals surface area contributed by atoms with E-state index in [0.29, 0.717) is 11.6 Å². The van der Waals surface area contributed by atoms with Gasteiger partial charge in [0.05, 0.1) is 12.8 Å². The van der Waals surface area contributed by atoms with E-state index in [1.807, 2.05) is 0 Å². The molecule has 0 saturated heterocycles. The van der Waals surface area contributed by atoms with E-state index in [9.17, 15) is 22.8 Å². The monoisotopic (exact) mass is 422 g/mol. The second kappa shape index (κ2) is 7.73. The Balaban J connectivity index is 1.39. The molecule has 11 heteroatoms. The first-order valence-electron chi connectivity index (χ1n) is 9.19.